The smallest absolute Gasteiger partial charge is 0.108 e. The topological polar surface area (TPSA) is 62.3 Å². The van der Waals surface area contributed by atoms with E-state index in [2.05, 4.69) is 4.98 Å². The minimum atomic E-state index is 0.175. The maximum Gasteiger partial charge on any atom is 0.108 e. The lowest BCUT2D eigenvalue weighted by atomic mass is 10.1. The molecule has 0 spiro atoms. The Labute approximate surface area is 103 Å². The van der Waals surface area contributed by atoms with Crippen molar-refractivity contribution in [3.63, 3.8) is 0 Å². The zero-order valence-electron chi connectivity index (χ0n) is 10.8. The van der Waals surface area contributed by atoms with E-state index in [0.29, 0.717) is 19.8 Å². The Morgan fingerprint density at radius 2 is 2.18 bits per heavy atom. The number of nitrogens with two attached hydrogens (primary N) is 1. The van der Waals surface area contributed by atoms with Crippen molar-refractivity contribution in [2.45, 2.75) is 25.3 Å². The fourth-order valence-electron chi connectivity index (χ4n) is 1.58. The average molecular weight is 241 g/mol. The van der Waals surface area contributed by atoms with E-state index in [1.807, 2.05) is 24.0 Å². The normalized spacial score (nSPS) is 12.9. The quantitative estimate of drug-likeness (QED) is 0.648. The van der Waals surface area contributed by atoms with Crippen LogP contribution in [0, 0.1) is 0 Å². The molecular weight excluding hydrogens is 218 g/mol. The molecule has 1 aromatic rings. The number of nitrogens with zero attached hydrogens (tertiary/aromatic N) is 2. The first kappa shape index (κ1) is 14.2. The van der Waals surface area contributed by atoms with Gasteiger partial charge in [0.2, 0.25) is 0 Å². The van der Waals surface area contributed by atoms with Gasteiger partial charge in [-0.1, -0.05) is 0 Å². The molecule has 5 heteroatoms. The van der Waals surface area contributed by atoms with E-state index in [9.17, 15) is 0 Å². The second-order valence-corrected chi connectivity index (χ2v) is 4.15. The van der Waals surface area contributed by atoms with Crippen LogP contribution in [0.3, 0.4) is 0 Å². The van der Waals surface area contributed by atoms with Crippen molar-refractivity contribution < 1.29 is 9.47 Å². The van der Waals surface area contributed by atoms with Gasteiger partial charge in [-0.15, -0.1) is 0 Å². The van der Waals surface area contributed by atoms with Crippen LogP contribution >= 0.6 is 0 Å². The number of methoxy groups -OCH3 is 1. The highest BCUT2D eigenvalue weighted by Crippen LogP contribution is 2.03. The first-order valence-corrected chi connectivity index (χ1v) is 6.02. The molecule has 1 unspecified atom stereocenters. The maximum absolute atomic E-state index is 6.01. The summed E-state index contributed by atoms with van der Waals surface area (Å²) >= 11 is 0. The minimum absolute atomic E-state index is 0.175. The van der Waals surface area contributed by atoms with Gasteiger partial charge in [-0.3, -0.25) is 0 Å². The van der Waals surface area contributed by atoms with Crippen LogP contribution in [0.5, 0.6) is 0 Å². The van der Waals surface area contributed by atoms with E-state index in [-0.39, 0.29) is 6.04 Å². The van der Waals surface area contributed by atoms with Crippen molar-refractivity contribution in [3.8, 4) is 0 Å². The number of aromatic nitrogens is 2. The third-order valence-electron chi connectivity index (χ3n) is 2.72. The minimum Gasteiger partial charge on any atom is -0.382 e. The second kappa shape index (κ2) is 8.22. The zero-order chi connectivity index (χ0) is 12.5. The first-order chi connectivity index (χ1) is 8.24. The molecule has 5 nitrogen and oxygen atoms in total. The molecule has 1 rings (SSSR count). The number of hydrogen-bond acceptors (Lipinski definition) is 4. The predicted octanol–water partition coefficient (Wildman–Crippen LogP) is 0.733. The van der Waals surface area contributed by atoms with Crippen molar-refractivity contribution >= 4 is 0 Å². The van der Waals surface area contributed by atoms with Crippen LogP contribution < -0.4 is 5.73 Å². The van der Waals surface area contributed by atoms with Crippen LogP contribution in [0.2, 0.25) is 0 Å². The SMILES string of the molecule is COCCOCCC(N)CCc1nccn1C. The summed E-state index contributed by atoms with van der Waals surface area (Å²) in [6.45, 7) is 1.98. The summed E-state index contributed by atoms with van der Waals surface area (Å²) in [5, 5.41) is 0. The Balaban J connectivity index is 2.05. The number of imidazole rings is 1. The van der Waals surface area contributed by atoms with Gasteiger partial charge in [0, 0.05) is 45.6 Å². The third kappa shape index (κ3) is 5.81. The van der Waals surface area contributed by atoms with Crippen LogP contribution in [-0.2, 0) is 22.9 Å². The van der Waals surface area contributed by atoms with Crippen LogP contribution in [0.25, 0.3) is 0 Å². The summed E-state index contributed by atoms with van der Waals surface area (Å²) in [5.41, 5.74) is 6.01. The molecule has 0 aliphatic heterocycles. The van der Waals surface area contributed by atoms with Gasteiger partial charge < -0.3 is 19.8 Å². The summed E-state index contributed by atoms with van der Waals surface area (Å²) in [4.78, 5) is 4.27. The number of aryl methyl sites for hydroxylation is 2. The van der Waals surface area contributed by atoms with Crippen molar-refractivity contribution in [3.05, 3.63) is 18.2 Å². The molecule has 17 heavy (non-hydrogen) atoms. The Morgan fingerprint density at radius 3 is 2.82 bits per heavy atom. The van der Waals surface area contributed by atoms with Gasteiger partial charge in [0.1, 0.15) is 5.82 Å². The van der Waals surface area contributed by atoms with Crippen molar-refractivity contribution in [1.29, 1.82) is 0 Å². The summed E-state index contributed by atoms with van der Waals surface area (Å²) in [5.74, 6) is 1.08. The molecule has 0 saturated heterocycles. The Bertz CT molecular complexity index is 302. The Morgan fingerprint density at radius 1 is 1.35 bits per heavy atom. The van der Waals surface area contributed by atoms with Gasteiger partial charge >= 0.3 is 0 Å². The van der Waals surface area contributed by atoms with Gasteiger partial charge in [-0.25, -0.2) is 4.98 Å². The lowest BCUT2D eigenvalue weighted by Gasteiger charge is -2.11. The lowest BCUT2D eigenvalue weighted by Crippen LogP contribution is -2.23. The molecule has 98 valence electrons. The van der Waals surface area contributed by atoms with E-state index in [1.165, 1.54) is 0 Å². The summed E-state index contributed by atoms with van der Waals surface area (Å²) in [7, 11) is 3.67. The zero-order valence-corrected chi connectivity index (χ0v) is 10.8. The van der Waals surface area contributed by atoms with Crippen LogP contribution in [0.1, 0.15) is 18.7 Å². The molecule has 0 aromatic carbocycles. The van der Waals surface area contributed by atoms with E-state index in [0.717, 1.165) is 25.1 Å². The highest BCUT2D eigenvalue weighted by Gasteiger charge is 2.05. The molecule has 1 aromatic heterocycles. The van der Waals surface area contributed by atoms with E-state index >= 15 is 0 Å². The van der Waals surface area contributed by atoms with E-state index in [1.54, 1.807) is 7.11 Å². The molecule has 0 bridgehead atoms. The monoisotopic (exact) mass is 241 g/mol. The molecule has 0 fully saturated rings. The lowest BCUT2D eigenvalue weighted by molar-refractivity contribution is 0.0669. The predicted molar refractivity (Wildman–Crippen MR) is 66.8 cm³/mol. The van der Waals surface area contributed by atoms with Crippen LogP contribution in [0.4, 0.5) is 0 Å². The molecule has 0 aliphatic carbocycles. The van der Waals surface area contributed by atoms with Crippen molar-refractivity contribution in [2.75, 3.05) is 26.9 Å². The third-order valence-corrected chi connectivity index (χ3v) is 2.72. The molecule has 0 amide bonds. The average Bonchev–Trinajstić information content (AvgIpc) is 2.72. The van der Waals surface area contributed by atoms with Gasteiger partial charge in [0.25, 0.3) is 0 Å². The second-order valence-electron chi connectivity index (χ2n) is 4.15. The van der Waals surface area contributed by atoms with E-state index in [4.69, 9.17) is 15.2 Å². The molecule has 0 aliphatic rings. The van der Waals surface area contributed by atoms with E-state index < -0.39 is 0 Å². The van der Waals surface area contributed by atoms with Gasteiger partial charge in [-0.2, -0.15) is 0 Å². The van der Waals surface area contributed by atoms with Gasteiger partial charge in [0.15, 0.2) is 0 Å². The Kier molecular flexibility index (Phi) is 6.84. The first-order valence-electron chi connectivity index (χ1n) is 6.02. The fraction of sp³-hybridized carbons (Fsp3) is 0.750. The van der Waals surface area contributed by atoms with Crippen LogP contribution in [-0.4, -0.2) is 42.5 Å². The van der Waals surface area contributed by atoms with Crippen molar-refractivity contribution in [1.82, 2.24) is 9.55 Å². The number of hydrogen-bond donors (Lipinski definition) is 1. The summed E-state index contributed by atoms with van der Waals surface area (Å²) < 4.78 is 12.3. The molecule has 0 saturated carbocycles. The highest BCUT2D eigenvalue weighted by molar-refractivity contribution is 4.91. The fourth-order valence-corrected chi connectivity index (χ4v) is 1.58. The number of ether oxygens (including phenoxy) is 2. The maximum atomic E-state index is 6.01. The molecule has 1 heterocycles. The summed E-state index contributed by atoms with van der Waals surface area (Å²) in [6.07, 6.45) is 6.51. The molecule has 0 radical (unpaired) electrons. The van der Waals surface area contributed by atoms with Crippen LogP contribution in [0.15, 0.2) is 12.4 Å². The largest absolute Gasteiger partial charge is 0.382 e. The van der Waals surface area contributed by atoms with Crippen molar-refractivity contribution in [2.24, 2.45) is 12.8 Å². The Hall–Kier alpha value is -0.910. The number of rotatable bonds is 9. The highest BCUT2D eigenvalue weighted by atomic mass is 16.5. The van der Waals surface area contributed by atoms with Gasteiger partial charge in [-0.05, 0) is 12.8 Å². The summed E-state index contributed by atoms with van der Waals surface area (Å²) in [6, 6.07) is 0.175. The molecular formula is C12H23N3O2. The molecule has 2 N–H and O–H groups in total. The van der Waals surface area contributed by atoms with Gasteiger partial charge in [0.05, 0.1) is 13.2 Å². The standard InChI is InChI=1S/C12H23N3O2/c1-15-7-6-14-12(15)4-3-11(13)5-8-17-10-9-16-2/h6-7,11H,3-5,8-10,13H2,1-2H3. The molecule has 1 atom stereocenters.